The van der Waals surface area contributed by atoms with E-state index >= 15 is 0 Å². The molecule has 5 rings (SSSR count). The largest absolute Gasteiger partial charge is 0.457 e. The molecule has 0 N–H and O–H groups in total. The summed E-state index contributed by atoms with van der Waals surface area (Å²) < 4.78 is 6.02. The number of furan rings is 1. The van der Waals surface area contributed by atoms with Crippen molar-refractivity contribution in [3.05, 3.63) is 78.6 Å². The first-order valence-corrected chi connectivity index (χ1v) is 9.28. The van der Waals surface area contributed by atoms with Crippen LogP contribution in [0.3, 0.4) is 0 Å². The van der Waals surface area contributed by atoms with Gasteiger partial charge in [0.2, 0.25) is 0 Å². The van der Waals surface area contributed by atoms with Crippen LogP contribution in [0.1, 0.15) is 25.5 Å². The lowest BCUT2D eigenvalue weighted by atomic mass is 9.97. The molecule has 26 heavy (non-hydrogen) atoms. The van der Waals surface area contributed by atoms with E-state index in [0.29, 0.717) is 0 Å². The molecule has 0 aliphatic carbocycles. The van der Waals surface area contributed by atoms with Crippen molar-refractivity contribution in [3.8, 4) is 0 Å². The van der Waals surface area contributed by atoms with Crippen LogP contribution in [-0.2, 0) is 0 Å². The van der Waals surface area contributed by atoms with Crippen molar-refractivity contribution in [1.82, 2.24) is 0 Å². The summed E-state index contributed by atoms with van der Waals surface area (Å²) in [4.78, 5) is 0. The van der Waals surface area contributed by atoms with Gasteiger partial charge < -0.3 is 4.42 Å². The smallest absolute Gasteiger partial charge is 0.135 e. The van der Waals surface area contributed by atoms with Gasteiger partial charge in [0.05, 0.1) is 0 Å². The van der Waals surface area contributed by atoms with Crippen LogP contribution in [0.4, 0.5) is 0 Å². The molecule has 0 radical (unpaired) electrons. The summed E-state index contributed by atoms with van der Waals surface area (Å²) in [6.07, 6.45) is 6.50. The van der Waals surface area contributed by atoms with E-state index in [2.05, 4.69) is 85.8 Å². The highest BCUT2D eigenvalue weighted by Gasteiger charge is 2.09. The van der Waals surface area contributed by atoms with E-state index < -0.39 is 0 Å². The maximum atomic E-state index is 6.02. The summed E-state index contributed by atoms with van der Waals surface area (Å²) in [5, 5.41) is 8.87. The molecule has 4 aromatic carbocycles. The second-order valence-corrected chi connectivity index (χ2v) is 6.90. The lowest BCUT2D eigenvalue weighted by molar-refractivity contribution is 0.604. The molecule has 0 saturated heterocycles. The van der Waals surface area contributed by atoms with E-state index in [9.17, 15) is 0 Å². The van der Waals surface area contributed by atoms with Gasteiger partial charge in [0.15, 0.2) is 0 Å². The average Bonchev–Trinajstić information content (AvgIpc) is 3.09. The van der Waals surface area contributed by atoms with Crippen LogP contribution < -0.4 is 0 Å². The van der Waals surface area contributed by atoms with E-state index in [-0.39, 0.29) is 0 Å². The fourth-order valence-electron chi connectivity index (χ4n) is 3.82. The zero-order valence-corrected chi connectivity index (χ0v) is 14.8. The van der Waals surface area contributed by atoms with Gasteiger partial charge in [-0.3, -0.25) is 0 Å². The lowest BCUT2D eigenvalue weighted by Crippen LogP contribution is -1.80. The van der Waals surface area contributed by atoms with Crippen LogP contribution in [0, 0.1) is 0 Å². The molecule has 0 spiro atoms. The molecule has 0 unspecified atom stereocenters. The number of allylic oxidation sites excluding steroid dienone is 1. The van der Waals surface area contributed by atoms with Crippen LogP contribution in [0.15, 0.2) is 77.2 Å². The average molecular weight is 336 g/mol. The van der Waals surface area contributed by atoms with Gasteiger partial charge in [0.25, 0.3) is 0 Å². The van der Waals surface area contributed by atoms with Gasteiger partial charge in [0.1, 0.15) is 11.3 Å². The molecular formula is C25H20O. The fraction of sp³-hybridized carbons (Fsp3) is 0.120. The summed E-state index contributed by atoms with van der Waals surface area (Å²) in [7, 11) is 0. The van der Waals surface area contributed by atoms with Crippen molar-refractivity contribution in [3.63, 3.8) is 0 Å². The molecule has 1 aromatic heterocycles. The van der Waals surface area contributed by atoms with E-state index in [1.54, 1.807) is 0 Å². The van der Waals surface area contributed by atoms with Crippen molar-refractivity contribution in [2.45, 2.75) is 19.8 Å². The number of rotatable bonds is 3. The predicted molar refractivity (Wildman–Crippen MR) is 113 cm³/mol. The minimum atomic E-state index is 0.930. The zero-order chi connectivity index (χ0) is 17.5. The number of unbranched alkanes of at least 4 members (excludes halogenated alkanes) is 1. The van der Waals surface area contributed by atoms with Crippen LogP contribution in [0.5, 0.6) is 0 Å². The summed E-state index contributed by atoms with van der Waals surface area (Å²) in [5.74, 6) is 0.930. The van der Waals surface area contributed by atoms with E-state index in [1.165, 1.54) is 37.7 Å². The zero-order valence-electron chi connectivity index (χ0n) is 14.8. The standard InChI is InChI=1S/C25H20O/c1-2-3-4-9-20-16-24-22-11-10-19-14-17-7-5-6-8-18(17)15-23(19)21(22)12-13-25(24)26-20/h4-16H,2-3H2,1H3. The lowest BCUT2D eigenvalue weighted by Gasteiger charge is -2.07. The quantitative estimate of drug-likeness (QED) is 0.243. The summed E-state index contributed by atoms with van der Waals surface area (Å²) in [6, 6.07) is 24.0. The first-order chi connectivity index (χ1) is 12.8. The first kappa shape index (κ1) is 15.2. The third-order valence-electron chi connectivity index (χ3n) is 5.14. The Bertz CT molecular complexity index is 1290. The Hall–Kier alpha value is -3.06. The van der Waals surface area contributed by atoms with E-state index in [0.717, 1.165) is 24.2 Å². The van der Waals surface area contributed by atoms with Gasteiger partial charge in [-0.2, -0.15) is 0 Å². The Labute approximate surface area is 152 Å². The van der Waals surface area contributed by atoms with Crippen LogP contribution in [-0.4, -0.2) is 0 Å². The van der Waals surface area contributed by atoms with E-state index in [4.69, 9.17) is 4.42 Å². The topological polar surface area (TPSA) is 13.1 Å². The van der Waals surface area contributed by atoms with Crippen molar-refractivity contribution in [2.75, 3.05) is 0 Å². The Morgan fingerprint density at radius 1 is 0.731 bits per heavy atom. The summed E-state index contributed by atoms with van der Waals surface area (Å²) >= 11 is 0. The molecule has 0 aliphatic rings. The molecule has 0 saturated carbocycles. The van der Waals surface area contributed by atoms with Crippen molar-refractivity contribution >= 4 is 49.4 Å². The number of benzene rings is 4. The van der Waals surface area contributed by atoms with Gasteiger partial charge in [0, 0.05) is 5.39 Å². The monoisotopic (exact) mass is 336 g/mol. The molecule has 0 bridgehead atoms. The van der Waals surface area contributed by atoms with Crippen molar-refractivity contribution < 1.29 is 4.42 Å². The fourth-order valence-corrected chi connectivity index (χ4v) is 3.82. The highest BCUT2D eigenvalue weighted by Crippen LogP contribution is 2.34. The minimum Gasteiger partial charge on any atom is -0.457 e. The van der Waals surface area contributed by atoms with Gasteiger partial charge in [-0.05, 0) is 69.1 Å². The van der Waals surface area contributed by atoms with Crippen molar-refractivity contribution in [2.24, 2.45) is 0 Å². The molecular weight excluding hydrogens is 316 g/mol. The van der Waals surface area contributed by atoms with Crippen LogP contribution in [0.2, 0.25) is 0 Å². The molecule has 1 nitrogen and oxygen atoms in total. The second-order valence-electron chi connectivity index (χ2n) is 6.90. The molecule has 1 heterocycles. The SMILES string of the molecule is CCCC=Cc1cc2c(ccc3c4cc5ccccc5cc4ccc23)o1. The van der Waals surface area contributed by atoms with Crippen LogP contribution >= 0.6 is 0 Å². The highest BCUT2D eigenvalue weighted by atomic mass is 16.3. The Morgan fingerprint density at radius 3 is 2.35 bits per heavy atom. The number of hydrogen-bond donors (Lipinski definition) is 0. The summed E-state index contributed by atoms with van der Waals surface area (Å²) in [5.41, 5.74) is 0.953. The normalized spacial score (nSPS) is 12.2. The number of fused-ring (bicyclic) bond motifs is 6. The minimum absolute atomic E-state index is 0.930. The van der Waals surface area contributed by atoms with Crippen molar-refractivity contribution in [1.29, 1.82) is 0 Å². The third-order valence-corrected chi connectivity index (χ3v) is 5.14. The summed E-state index contributed by atoms with van der Waals surface area (Å²) in [6.45, 7) is 2.19. The van der Waals surface area contributed by atoms with Gasteiger partial charge in [-0.25, -0.2) is 0 Å². The first-order valence-electron chi connectivity index (χ1n) is 9.28. The molecule has 5 aromatic rings. The van der Waals surface area contributed by atoms with Crippen LogP contribution in [0.25, 0.3) is 49.4 Å². The Balaban J connectivity index is 1.78. The molecule has 0 atom stereocenters. The predicted octanol–water partition coefficient (Wildman–Crippen LogP) is 7.71. The van der Waals surface area contributed by atoms with Gasteiger partial charge >= 0.3 is 0 Å². The molecule has 126 valence electrons. The Morgan fingerprint density at radius 2 is 1.50 bits per heavy atom. The number of hydrogen-bond acceptors (Lipinski definition) is 1. The molecule has 0 fully saturated rings. The molecule has 0 amide bonds. The maximum absolute atomic E-state index is 6.02. The molecule has 0 aliphatic heterocycles. The second kappa shape index (κ2) is 6.03. The van der Waals surface area contributed by atoms with Gasteiger partial charge in [-0.1, -0.05) is 61.9 Å². The molecule has 1 heteroatoms. The maximum Gasteiger partial charge on any atom is 0.135 e. The highest BCUT2D eigenvalue weighted by molar-refractivity contribution is 6.18. The Kier molecular flexibility index (Phi) is 3.53. The third kappa shape index (κ3) is 2.40. The van der Waals surface area contributed by atoms with Gasteiger partial charge in [-0.15, -0.1) is 0 Å². The van der Waals surface area contributed by atoms with E-state index in [1.807, 2.05) is 0 Å².